The lowest BCUT2D eigenvalue weighted by Gasteiger charge is -2.25. The first-order valence-electron chi connectivity index (χ1n) is 13.5. The molecule has 1 heterocycles. The Morgan fingerprint density at radius 3 is 2.60 bits per heavy atom. The Kier molecular flexibility index (Phi) is 9.36. The first-order valence-corrected chi connectivity index (χ1v) is 13.9. The van der Waals surface area contributed by atoms with Gasteiger partial charge in [-0.2, -0.15) is 5.10 Å². The summed E-state index contributed by atoms with van der Waals surface area (Å²) in [5.74, 6) is 0.0552. The van der Waals surface area contributed by atoms with E-state index in [1.165, 1.54) is 23.8 Å². The lowest BCUT2D eigenvalue weighted by atomic mass is 10.0. The van der Waals surface area contributed by atoms with Gasteiger partial charge in [-0.25, -0.2) is 5.43 Å². The number of rotatable bonds is 11. The maximum Gasteiger partial charge on any atom is 0.271 e. The first-order chi connectivity index (χ1) is 20.5. The standard InChI is InChI=1S/C33H30ClN3O5/c34-29-18-25(10-12-30(29)38)33(40)36-35-19-26-11-13-31(28-9-5-4-8-27(26)28)42-22-32(39)37(20-24-15-17-41-21-24)16-14-23-6-2-1-3-7-23/h1-13,15,17-19,24,38H,14,16,20-22H2,(H,36,40)/b35-19+. The molecule has 0 radical (unpaired) electrons. The number of phenols is 1. The third-order valence-corrected chi connectivity index (χ3v) is 7.23. The van der Waals surface area contributed by atoms with Gasteiger partial charge in [0.25, 0.3) is 11.8 Å². The second-order valence-electron chi connectivity index (χ2n) is 9.85. The van der Waals surface area contributed by atoms with E-state index < -0.39 is 5.91 Å². The van der Waals surface area contributed by atoms with Gasteiger partial charge in [0, 0.05) is 35.5 Å². The normalized spacial score (nSPS) is 14.2. The maximum absolute atomic E-state index is 13.3. The number of hydrogen-bond donors (Lipinski definition) is 2. The zero-order valence-corrected chi connectivity index (χ0v) is 23.5. The molecule has 2 N–H and O–H groups in total. The van der Waals surface area contributed by atoms with Crippen LogP contribution in [0, 0.1) is 5.92 Å². The van der Waals surface area contributed by atoms with Gasteiger partial charge in [-0.3, -0.25) is 9.59 Å². The Morgan fingerprint density at radius 1 is 1.05 bits per heavy atom. The van der Waals surface area contributed by atoms with Gasteiger partial charge in [-0.05, 0) is 53.8 Å². The van der Waals surface area contributed by atoms with Crippen LogP contribution in [0.2, 0.25) is 5.02 Å². The molecule has 1 aliphatic heterocycles. The summed E-state index contributed by atoms with van der Waals surface area (Å²) in [6.45, 7) is 1.60. The summed E-state index contributed by atoms with van der Waals surface area (Å²) in [5, 5.41) is 15.4. The van der Waals surface area contributed by atoms with E-state index in [0.29, 0.717) is 25.4 Å². The molecular weight excluding hydrogens is 554 g/mol. The van der Waals surface area contributed by atoms with Gasteiger partial charge in [0.1, 0.15) is 11.5 Å². The smallest absolute Gasteiger partial charge is 0.271 e. The van der Waals surface area contributed by atoms with E-state index in [2.05, 4.69) is 22.7 Å². The predicted octanol–water partition coefficient (Wildman–Crippen LogP) is 5.57. The lowest BCUT2D eigenvalue weighted by molar-refractivity contribution is -0.133. The number of ether oxygens (including phenoxy) is 2. The number of benzene rings is 4. The van der Waals surface area contributed by atoms with Crippen LogP contribution >= 0.6 is 11.6 Å². The SMILES string of the molecule is O=C(N/N=C/c1ccc(OCC(=O)N(CCc2ccccc2)CC2C=COC2)c2ccccc12)c1ccc(O)c(Cl)c1. The largest absolute Gasteiger partial charge is 0.506 e. The molecule has 1 atom stereocenters. The number of hydrogen-bond acceptors (Lipinski definition) is 6. The van der Waals surface area contributed by atoms with Crippen molar-refractivity contribution in [1.29, 1.82) is 0 Å². The van der Waals surface area contributed by atoms with Crippen molar-refractivity contribution in [2.24, 2.45) is 11.0 Å². The molecule has 214 valence electrons. The fraction of sp³-hybridized carbons (Fsp3) is 0.182. The fourth-order valence-corrected chi connectivity index (χ4v) is 4.84. The zero-order valence-electron chi connectivity index (χ0n) is 22.8. The van der Waals surface area contributed by atoms with Crippen LogP contribution in [0.3, 0.4) is 0 Å². The molecule has 9 heteroatoms. The summed E-state index contributed by atoms with van der Waals surface area (Å²) in [7, 11) is 0. The monoisotopic (exact) mass is 583 g/mol. The van der Waals surface area contributed by atoms with Crippen molar-refractivity contribution in [1.82, 2.24) is 10.3 Å². The van der Waals surface area contributed by atoms with Gasteiger partial charge < -0.3 is 19.5 Å². The van der Waals surface area contributed by atoms with Gasteiger partial charge >= 0.3 is 0 Å². The minimum atomic E-state index is -0.465. The van der Waals surface area contributed by atoms with E-state index in [1.807, 2.05) is 59.5 Å². The highest BCUT2D eigenvalue weighted by atomic mass is 35.5. The second-order valence-corrected chi connectivity index (χ2v) is 10.3. The van der Waals surface area contributed by atoms with Crippen molar-refractivity contribution in [3.63, 3.8) is 0 Å². The molecule has 0 bridgehead atoms. The van der Waals surface area contributed by atoms with E-state index in [-0.39, 0.29) is 34.8 Å². The molecule has 1 unspecified atom stereocenters. The summed E-state index contributed by atoms with van der Waals surface area (Å²) in [6.07, 6.45) is 5.96. The van der Waals surface area contributed by atoms with E-state index in [9.17, 15) is 14.7 Å². The quantitative estimate of drug-likeness (QED) is 0.177. The molecule has 4 aromatic carbocycles. The highest BCUT2D eigenvalue weighted by Crippen LogP contribution is 2.28. The predicted molar refractivity (Wildman–Crippen MR) is 163 cm³/mol. The van der Waals surface area contributed by atoms with Crippen molar-refractivity contribution >= 4 is 40.4 Å². The van der Waals surface area contributed by atoms with Crippen LogP contribution in [0.5, 0.6) is 11.5 Å². The number of carbonyl (C=O) groups excluding carboxylic acids is 2. The minimum Gasteiger partial charge on any atom is -0.506 e. The number of hydrazone groups is 1. The third-order valence-electron chi connectivity index (χ3n) is 6.93. The van der Waals surface area contributed by atoms with E-state index in [1.54, 1.807) is 18.5 Å². The molecule has 0 aliphatic carbocycles. The molecule has 0 saturated carbocycles. The number of phenolic OH excluding ortho intramolecular Hbond substituents is 1. The van der Waals surface area contributed by atoms with Crippen LogP contribution < -0.4 is 10.2 Å². The Balaban J connectivity index is 1.26. The lowest BCUT2D eigenvalue weighted by Crippen LogP contribution is -2.39. The highest BCUT2D eigenvalue weighted by Gasteiger charge is 2.21. The van der Waals surface area contributed by atoms with Crippen molar-refractivity contribution in [3.8, 4) is 11.5 Å². The summed E-state index contributed by atoms with van der Waals surface area (Å²) >= 11 is 5.90. The van der Waals surface area contributed by atoms with Crippen LogP contribution in [0.4, 0.5) is 0 Å². The van der Waals surface area contributed by atoms with Crippen LogP contribution in [-0.2, 0) is 16.0 Å². The topological polar surface area (TPSA) is 100 Å². The van der Waals surface area contributed by atoms with Crippen molar-refractivity contribution < 1.29 is 24.2 Å². The zero-order chi connectivity index (χ0) is 29.3. The fourth-order valence-electron chi connectivity index (χ4n) is 4.66. The summed E-state index contributed by atoms with van der Waals surface area (Å²) in [4.78, 5) is 27.6. The van der Waals surface area contributed by atoms with Gasteiger partial charge in [0.05, 0.1) is 24.1 Å². The molecule has 0 spiro atoms. The van der Waals surface area contributed by atoms with Crippen molar-refractivity contribution in [2.45, 2.75) is 6.42 Å². The van der Waals surface area contributed by atoms with Crippen molar-refractivity contribution in [3.05, 3.63) is 119 Å². The number of nitrogens with one attached hydrogen (secondary N) is 1. The van der Waals surface area contributed by atoms with Crippen LogP contribution in [0.25, 0.3) is 10.8 Å². The molecule has 0 saturated heterocycles. The molecule has 2 amide bonds. The Bertz CT molecular complexity index is 1620. The number of nitrogens with zero attached hydrogens (tertiary/aromatic N) is 2. The molecule has 4 aromatic rings. The van der Waals surface area contributed by atoms with E-state index in [4.69, 9.17) is 21.1 Å². The molecule has 0 aromatic heterocycles. The third kappa shape index (κ3) is 7.27. The Hall–Kier alpha value is -4.82. The number of halogens is 1. The number of aromatic hydroxyl groups is 1. The van der Waals surface area contributed by atoms with Crippen LogP contribution in [0.1, 0.15) is 21.5 Å². The molecular formula is C33H30ClN3O5. The summed E-state index contributed by atoms with van der Waals surface area (Å²) in [5.41, 5.74) is 4.66. The molecule has 42 heavy (non-hydrogen) atoms. The van der Waals surface area contributed by atoms with E-state index in [0.717, 1.165) is 22.8 Å². The number of carbonyl (C=O) groups is 2. The van der Waals surface area contributed by atoms with Gasteiger partial charge in [0.15, 0.2) is 6.61 Å². The maximum atomic E-state index is 13.3. The minimum absolute atomic E-state index is 0.0791. The summed E-state index contributed by atoms with van der Waals surface area (Å²) in [6, 6.07) is 25.5. The van der Waals surface area contributed by atoms with Crippen LogP contribution in [-0.4, -0.2) is 54.3 Å². The highest BCUT2D eigenvalue weighted by molar-refractivity contribution is 6.32. The Labute approximate surface area is 248 Å². The number of amides is 2. The Morgan fingerprint density at radius 2 is 1.83 bits per heavy atom. The van der Waals surface area contributed by atoms with Gasteiger partial charge in [-0.15, -0.1) is 0 Å². The molecule has 8 nitrogen and oxygen atoms in total. The average Bonchev–Trinajstić information content (AvgIpc) is 3.53. The summed E-state index contributed by atoms with van der Waals surface area (Å²) < 4.78 is 11.4. The van der Waals surface area contributed by atoms with E-state index >= 15 is 0 Å². The van der Waals surface area contributed by atoms with Crippen molar-refractivity contribution in [2.75, 3.05) is 26.3 Å². The molecule has 0 fully saturated rings. The average molecular weight is 584 g/mol. The van der Waals surface area contributed by atoms with Crippen LogP contribution in [0.15, 0.2) is 102 Å². The van der Waals surface area contributed by atoms with Gasteiger partial charge in [-0.1, -0.05) is 66.2 Å². The number of fused-ring (bicyclic) bond motifs is 1. The first kappa shape index (κ1) is 28.7. The molecule has 1 aliphatic rings. The molecule has 5 rings (SSSR count). The van der Waals surface area contributed by atoms with Gasteiger partial charge in [0.2, 0.25) is 0 Å². The second kappa shape index (κ2) is 13.7.